The van der Waals surface area contributed by atoms with E-state index in [4.69, 9.17) is 8.53 Å². The number of benzene rings is 9. The topological polar surface area (TPSA) is 13.1 Å². The molecule has 1 heterocycles. The van der Waals surface area contributed by atoms with Crippen molar-refractivity contribution in [3.05, 3.63) is 194 Å². The van der Waals surface area contributed by atoms with Crippen LogP contribution in [0.25, 0.3) is 99.1 Å². The van der Waals surface area contributed by atoms with Gasteiger partial charge in [0.05, 0.1) is 8.22 Å². The van der Waals surface area contributed by atoms with Crippen molar-refractivity contribution >= 4 is 43.5 Å². The van der Waals surface area contributed by atoms with Crippen LogP contribution in [0.5, 0.6) is 0 Å². The van der Waals surface area contributed by atoms with Crippen LogP contribution in [0.1, 0.15) is 8.22 Å². The second-order valence-corrected chi connectivity index (χ2v) is 12.7. The summed E-state index contributed by atoms with van der Waals surface area (Å²) in [5.74, 6) is 0. The molecule has 238 valence electrons. The number of rotatable bonds is 5. The van der Waals surface area contributed by atoms with Crippen LogP contribution in [-0.4, -0.2) is 0 Å². The number of furan rings is 1. The Morgan fingerprint density at radius 3 is 1.33 bits per heavy atom. The molecule has 0 bridgehead atoms. The van der Waals surface area contributed by atoms with Gasteiger partial charge in [0.1, 0.15) is 11.2 Å². The van der Waals surface area contributed by atoms with E-state index >= 15 is 0 Å². The molecule has 0 amide bonds. The van der Waals surface area contributed by atoms with E-state index in [0.717, 1.165) is 49.4 Å². The van der Waals surface area contributed by atoms with Crippen LogP contribution in [-0.2, 0) is 0 Å². The maximum atomic E-state index is 9.46. The van der Waals surface area contributed by atoms with Crippen LogP contribution < -0.4 is 0 Å². The van der Waals surface area contributed by atoms with Gasteiger partial charge in [0, 0.05) is 10.8 Å². The number of hydrogen-bond acceptors (Lipinski definition) is 1. The fraction of sp³-hybridized carbons (Fsp3) is 0. The zero-order valence-electron chi connectivity index (χ0n) is 33.4. The van der Waals surface area contributed by atoms with Gasteiger partial charge in [0.25, 0.3) is 0 Å². The van der Waals surface area contributed by atoms with E-state index < -0.39 is 0 Å². The number of fused-ring (bicyclic) bond motifs is 5. The molecule has 0 atom stereocenters. The molecule has 10 rings (SSSR count). The van der Waals surface area contributed by atoms with E-state index in [1.165, 1.54) is 5.56 Å². The van der Waals surface area contributed by atoms with Gasteiger partial charge >= 0.3 is 0 Å². The van der Waals surface area contributed by atoms with Gasteiger partial charge < -0.3 is 4.42 Å². The summed E-state index contributed by atoms with van der Waals surface area (Å²) < 4.78 is 61.4. The maximum absolute atomic E-state index is 9.46. The summed E-state index contributed by atoms with van der Waals surface area (Å²) in [5, 5.41) is 4.03. The van der Waals surface area contributed by atoms with Gasteiger partial charge in [-0.05, 0) is 95.3 Å². The van der Waals surface area contributed by atoms with Crippen LogP contribution in [0.3, 0.4) is 0 Å². The third-order valence-corrected chi connectivity index (χ3v) is 9.82. The molecule has 0 fully saturated rings. The van der Waals surface area contributed by atoms with Gasteiger partial charge in [-0.15, -0.1) is 0 Å². The second-order valence-electron chi connectivity index (χ2n) is 12.7. The van der Waals surface area contributed by atoms with Gasteiger partial charge in [0.15, 0.2) is 0 Å². The minimum absolute atomic E-state index is 0.0252. The maximum Gasteiger partial charge on any atom is 0.136 e. The largest absolute Gasteiger partial charge is 0.456 e. The van der Waals surface area contributed by atoms with Gasteiger partial charge in [-0.25, -0.2) is 0 Å². The minimum atomic E-state index is -0.311. The molecule has 1 nitrogen and oxygen atoms in total. The molecular weight excluding hydrogens is 617 g/mol. The predicted octanol–water partition coefficient (Wildman–Crippen LogP) is 14.2. The molecule has 0 radical (unpaired) electrons. The monoisotopic (exact) mass is 654 g/mol. The molecule has 9 aromatic carbocycles. The summed E-state index contributed by atoms with van der Waals surface area (Å²) in [5.41, 5.74) is 8.57. The Morgan fingerprint density at radius 1 is 0.333 bits per heavy atom. The lowest BCUT2D eigenvalue weighted by molar-refractivity contribution is 0.669. The highest BCUT2D eigenvalue weighted by Gasteiger charge is 2.20. The zero-order valence-corrected chi connectivity index (χ0v) is 27.4. The zero-order chi connectivity index (χ0) is 38.9. The average Bonchev–Trinajstić information content (AvgIpc) is 3.67. The molecule has 0 aliphatic rings. The highest BCUT2D eigenvalue weighted by molar-refractivity contribution is 6.25. The van der Waals surface area contributed by atoms with Gasteiger partial charge in [0.2, 0.25) is 0 Å². The standard InChI is InChI=1S/C50H32O/c1-3-12-33(13-4-1)35-22-24-36(25-23-35)37-26-28-38(29-27-37)48-40-16-7-9-18-42(40)49(43-19-10-8-17-41(43)48)45-20-11-21-46-50(45)44-31-30-39(32-47(44)51-46)34-14-5-2-6-15-34/h1-32H/i11D,20D,21D,30D,31D,32D. The minimum Gasteiger partial charge on any atom is -0.456 e. The lowest BCUT2D eigenvalue weighted by Crippen LogP contribution is -1.91. The summed E-state index contributed by atoms with van der Waals surface area (Å²) in [4.78, 5) is 0. The molecule has 0 saturated heterocycles. The molecular formula is C50H32O. The first-order chi connectivity index (χ1) is 27.8. The Morgan fingerprint density at radius 2 is 0.784 bits per heavy atom. The van der Waals surface area contributed by atoms with E-state index in [1.807, 2.05) is 72.8 Å². The van der Waals surface area contributed by atoms with Crippen molar-refractivity contribution in [2.45, 2.75) is 0 Å². The molecule has 0 spiro atoms. The van der Waals surface area contributed by atoms with Crippen LogP contribution >= 0.6 is 0 Å². The van der Waals surface area contributed by atoms with E-state index in [9.17, 15) is 4.11 Å². The Bertz CT molecular complexity index is 3150. The summed E-state index contributed by atoms with van der Waals surface area (Å²) in [6, 6.07) is 51.5. The highest BCUT2D eigenvalue weighted by Crippen LogP contribution is 2.47. The molecule has 10 aromatic rings. The van der Waals surface area contributed by atoms with Crippen molar-refractivity contribution < 1.29 is 12.6 Å². The molecule has 0 aliphatic carbocycles. The van der Waals surface area contributed by atoms with E-state index in [1.54, 1.807) is 12.1 Å². The first-order valence-corrected chi connectivity index (χ1v) is 17.0. The SMILES string of the molecule is [2H]c1c([2H])c(-c2c3ccccc3c(-c3ccc(-c4ccc(-c5ccccc5)cc4)cc3)c3ccccc23)c2c(oc3c([2H])c(-c4ccccc4)c([2H])c([2H])c32)c1[2H]. The lowest BCUT2D eigenvalue weighted by atomic mass is 9.84. The molecule has 1 heteroatoms. The molecule has 1 aromatic heterocycles. The van der Waals surface area contributed by atoms with E-state index in [2.05, 4.69) is 72.8 Å². The predicted molar refractivity (Wildman–Crippen MR) is 216 cm³/mol. The first kappa shape index (κ1) is 23.6. The van der Waals surface area contributed by atoms with Gasteiger partial charge in [-0.2, -0.15) is 0 Å². The van der Waals surface area contributed by atoms with Gasteiger partial charge in [-0.3, -0.25) is 0 Å². The normalized spacial score (nSPS) is 13.2. The summed E-state index contributed by atoms with van der Waals surface area (Å²) in [6.07, 6.45) is 0. The Hall–Kier alpha value is -6.70. The van der Waals surface area contributed by atoms with E-state index in [-0.39, 0.29) is 58.4 Å². The first-order valence-electron chi connectivity index (χ1n) is 20.0. The van der Waals surface area contributed by atoms with Crippen molar-refractivity contribution in [1.82, 2.24) is 0 Å². The van der Waals surface area contributed by atoms with Crippen molar-refractivity contribution in [1.29, 1.82) is 0 Å². The van der Waals surface area contributed by atoms with Crippen molar-refractivity contribution in [2.24, 2.45) is 0 Å². The van der Waals surface area contributed by atoms with Crippen LogP contribution in [0.4, 0.5) is 0 Å². The molecule has 0 saturated carbocycles. The molecule has 0 aliphatic heterocycles. The highest BCUT2D eigenvalue weighted by atomic mass is 16.3. The second kappa shape index (κ2) is 12.0. The van der Waals surface area contributed by atoms with Crippen molar-refractivity contribution in [2.75, 3.05) is 0 Å². The van der Waals surface area contributed by atoms with Crippen LogP contribution in [0.15, 0.2) is 198 Å². The van der Waals surface area contributed by atoms with Gasteiger partial charge in [-0.1, -0.05) is 176 Å². The molecule has 0 unspecified atom stereocenters. The smallest absolute Gasteiger partial charge is 0.136 e. The Balaban J connectivity index is 1.21. The molecule has 0 N–H and O–H groups in total. The lowest BCUT2D eigenvalue weighted by Gasteiger charge is -2.18. The fourth-order valence-corrected chi connectivity index (χ4v) is 7.41. The number of hydrogen-bond donors (Lipinski definition) is 0. The quantitative estimate of drug-likeness (QED) is 0.168. The average molecular weight is 655 g/mol. The van der Waals surface area contributed by atoms with Crippen molar-refractivity contribution in [3.8, 4) is 55.6 Å². The summed E-state index contributed by atoms with van der Waals surface area (Å²) in [7, 11) is 0. The third-order valence-electron chi connectivity index (χ3n) is 9.82. The van der Waals surface area contributed by atoms with Crippen LogP contribution in [0, 0.1) is 0 Å². The van der Waals surface area contributed by atoms with Crippen LogP contribution in [0.2, 0.25) is 0 Å². The Labute approximate surface area is 305 Å². The van der Waals surface area contributed by atoms with E-state index in [0.29, 0.717) is 22.1 Å². The van der Waals surface area contributed by atoms with Crippen molar-refractivity contribution in [3.63, 3.8) is 0 Å². The third kappa shape index (κ3) is 4.94. The Kier molecular flexibility index (Phi) is 5.56. The summed E-state index contributed by atoms with van der Waals surface area (Å²) in [6.45, 7) is 0. The summed E-state index contributed by atoms with van der Waals surface area (Å²) >= 11 is 0. The molecule has 51 heavy (non-hydrogen) atoms. The fourth-order valence-electron chi connectivity index (χ4n) is 7.41.